The number of nitrogens with one attached hydrogen (secondary N) is 1. The number of benzene rings is 1. The topological polar surface area (TPSA) is 64.3 Å². The average molecular weight is 236 g/mol. The van der Waals surface area contributed by atoms with Crippen LogP contribution in [0.2, 0.25) is 0 Å². The highest BCUT2D eigenvalue weighted by Crippen LogP contribution is 2.04. The van der Waals surface area contributed by atoms with E-state index in [0.29, 0.717) is 24.6 Å². The van der Waals surface area contributed by atoms with Crippen molar-refractivity contribution < 1.29 is 9.63 Å². The highest BCUT2D eigenvalue weighted by molar-refractivity contribution is 5.93. The van der Waals surface area contributed by atoms with E-state index < -0.39 is 0 Å². The van der Waals surface area contributed by atoms with Gasteiger partial charge in [0, 0.05) is 5.56 Å². The fourth-order valence-corrected chi connectivity index (χ4v) is 1.32. The molecule has 0 fully saturated rings. The Morgan fingerprint density at radius 3 is 2.53 bits per heavy atom. The average Bonchev–Trinajstić information content (AvgIpc) is 2.30. The lowest BCUT2D eigenvalue weighted by Crippen LogP contribution is -2.25. The van der Waals surface area contributed by atoms with E-state index >= 15 is 0 Å². The van der Waals surface area contributed by atoms with E-state index in [2.05, 4.69) is 5.48 Å². The number of rotatable bonds is 6. The second-order valence-corrected chi connectivity index (χ2v) is 4.37. The molecular formula is C13H20N2O2. The Hall–Kier alpha value is -1.39. The number of carbonyl (C=O) groups is 1. The maximum Gasteiger partial charge on any atom is 0.274 e. The molecule has 0 radical (unpaired) electrons. The van der Waals surface area contributed by atoms with Crippen LogP contribution in [0.25, 0.3) is 0 Å². The van der Waals surface area contributed by atoms with E-state index in [4.69, 9.17) is 10.6 Å². The summed E-state index contributed by atoms with van der Waals surface area (Å²) in [4.78, 5) is 16.7. The molecule has 0 aliphatic carbocycles. The molecule has 0 aliphatic heterocycles. The summed E-state index contributed by atoms with van der Waals surface area (Å²) in [5.41, 5.74) is 9.60. The lowest BCUT2D eigenvalue weighted by atomic mass is 10.1. The van der Waals surface area contributed by atoms with Crippen LogP contribution in [-0.4, -0.2) is 19.1 Å². The third-order valence-corrected chi connectivity index (χ3v) is 2.23. The summed E-state index contributed by atoms with van der Waals surface area (Å²) in [5.74, 6) is 0.173. The Morgan fingerprint density at radius 2 is 2.00 bits per heavy atom. The van der Waals surface area contributed by atoms with Gasteiger partial charge < -0.3 is 5.73 Å². The SMILES string of the molecule is CC(C)CONC(=O)c1ccc(CCN)cc1. The molecule has 1 aromatic carbocycles. The first kappa shape index (κ1) is 13.7. The van der Waals surface area contributed by atoms with Gasteiger partial charge in [0.05, 0.1) is 6.61 Å². The fraction of sp³-hybridized carbons (Fsp3) is 0.462. The first-order valence-corrected chi connectivity index (χ1v) is 5.84. The van der Waals surface area contributed by atoms with Crippen LogP contribution in [0, 0.1) is 5.92 Å². The summed E-state index contributed by atoms with van der Waals surface area (Å²) in [5, 5.41) is 0. The van der Waals surface area contributed by atoms with Gasteiger partial charge in [-0.1, -0.05) is 26.0 Å². The Balaban J connectivity index is 2.46. The first-order valence-electron chi connectivity index (χ1n) is 5.84. The zero-order valence-electron chi connectivity index (χ0n) is 10.4. The van der Waals surface area contributed by atoms with Gasteiger partial charge >= 0.3 is 0 Å². The van der Waals surface area contributed by atoms with Crippen LogP contribution in [0.4, 0.5) is 0 Å². The van der Waals surface area contributed by atoms with E-state index in [1.807, 2.05) is 26.0 Å². The third-order valence-electron chi connectivity index (χ3n) is 2.23. The zero-order valence-corrected chi connectivity index (χ0v) is 10.4. The smallest absolute Gasteiger partial charge is 0.274 e. The van der Waals surface area contributed by atoms with Crippen LogP contribution in [-0.2, 0) is 11.3 Å². The van der Waals surface area contributed by atoms with Crippen LogP contribution in [0.15, 0.2) is 24.3 Å². The minimum Gasteiger partial charge on any atom is -0.330 e. The van der Waals surface area contributed by atoms with Crippen LogP contribution in [0.3, 0.4) is 0 Å². The highest BCUT2D eigenvalue weighted by Gasteiger charge is 2.05. The van der Waals surface area contributed by atoms with Gasteiger partial charge in [-0.15, -0.1) is 0 Å². The van der Waals surface area contributed by atoms with Crippen LogP contribution in [0.1, 0.15) is 29.8 Å². The normalized spacial score (nSPS) is 10.6. The number of nitrogens with two attached hydrogens (primary N) is 1. The lowest BCUT2D eigenvalue weighted by molar-refractivity contribution is 0.0208. The second-order valence-electron chi connectivity index (χ2n) is 4.37. The van der Waals surface area contributed by atoms with Crippen molar-refractivity contribution in [3.8, 4) is 0 Å². The molecule has 4 heteroatoms. The molecule has 0 saturated heterocycles. The van der Waals surface area contributed by atoms with Gasteiger partial charge in [0.1, 0.15) is 0 Å². The molecule has 0 aliphatic rings. The number of hydrogen-bond donors (Lipinski definition) is 2. The van der Waals surface area contributed by atoms with E-state index in [1.54, 1.807) is 12.1 Å². The van der Waals surface area contributed by atoms with Crippen molar-refractivity contribution in [1.82, 2.24) is 5.48 Å². The molecule has 0 aromatic heterocycles. The number of amides is 1. The van der Waals surface area contributed by atoms with E-state index in [1.165, 1.54) is 0 Å². The molecular weight excluding hydrogens is 216 g/mol. The lowest BCUT2D eigenvalue weighted by Gasteiger charge is -2.08. The monoisotopic (exact) mass is 236 g/mol. The molecule has 0 spiro atoms. The van der Waals surface area contributed by atoms with Crippen molar-refractivity contribution in [2.24, 2.45) is 11.7 Å². The molecule has 0 bridgehead atoms. The summed E-state index contributed by atoms with van der Waals surface area (Å²) in [7, 11) is 0. The predicted molar refractivity (Wildman–Crippen MR) is 67.5 cm³/mol. The quantitative estimate of drug-likeness (QED) is 0.736. The van der Waals surface area contributed by atoms with Crippen molar-refractivity contribution in [2.45, 2.75) is 20.3 Å². The van der Waals surface area contributed by atoms with E-state index in [9.17, 15) is 4.79 Å². The van der Waals surface area contributed by atoms with Crippen LogP contribution < -0.4 is 11.2 Å². The zero-order chi connectivity index (χ0) is 12.7. The summed E-state index contributed by atoms with van der Waals surface area (Å²) in [6, 6.07) is 7.37. The Morgan fingerprint density at radius 1 is 1.35 bits per heavy atom. The maximum absolute atomic E-state index is 11.6. The summed E-state index contributed by atoms with van der Waals surface area (Å²) in [6.07, 6.45) is 0.825. The molecule has 4 nitrogen and oxygen atoms in total. The molecule has 0 heterocycles. The van der Waals surface area contributed by atoms with Gasteiger partial charge in [-0.3, -0.25) is 9.63 Å². The van der Waals surface area contributed by atoms with Crippen LogP contribution >= 0.6 is 0 Å². The summed E-state index contributed by atoms with van der Waals surface area (Å²) >= 11 is 0. The molecule has 3 N–H and O–H groups in total. The largest absolute Gasteiger partial charge is 0.330 e. The Kier molecular flexibility index (Phi) is 5.66. The van der Waals surface area contributed by atoms with Crippen molar-refractivity contribution in [3.05, 3.63) is 35.4 Å². The van der Waals surface area contributed by atoms with E-state index in [-0.39, 0.29) is 5.91 Å². The van der Waals surface area contributed by atoms with Crippen molar-refractivity contribution in [3.63, 3.8) is 0 Å². The maximum atomic E-state index is 11.6. The molecule has 0 saturated carbocycles. The molecule has 17 heavy (non-hydrogen) atoms. The minimum atomic E-state index is -0.218. The summed E-state index contributed by atoms with van der Waals surface area (Å²) in [6.45, 7) is 5.17. The number of hydroxylamine groups is 1. The molecule has 0 unspecified atom stereocenters. The molecule has 1 amide bonds. The number of hydrogen-bond acceptors (Lipinski definition) is 3. The van der Waals surface area contributed by atoms with Gasteiger partial charge in [-0.25, -0.2) is 5.48 Å². The third kappa shape index (κ3) is 4.97. The van der Waals surface area contributed by atoms with Crippen molar-refractivity contribution in [1.29, 1.82) is 0 Å². The molecule has 94 valence electrons. The molecule has 1 rings (SSSR count). The fourth-order valence-electron chi connectivity index (χ4n) is 1.32. The minimum absolute atomic E-state index is 0.218. The van der Waals surface area contributed by atoms with Gasteiger partial charge in [-0.2, -0.15) is 0 Å². The van der Waals surface area contributed by atoms with Gasteiger partial charge in [0.15, 0.2) is 0 Å². The summed E-state index contributed by atoms with van der Waals surface area (Å²) < 4.78 is 0. The standard InChI is InChI=1S/C13H20N2O2/c1-10(2)9-17-15-13(16)12-5-3-11(4-6-12)7-8-14/h3-6,10H,7-9,14H2,1-2H3,(H,15,16). The van der Waals surface area contributed by atoms with Gasteiger partial charge in [-0.05, 0) is 36.6 Å². The number of carbonyl (C=O) groups excluding carboxylic acids is 1. The predicted octanol–water partition coefficient (Wildman–Crippen LogP) is 1.51. The second kappa shape index (κ2) is 7.04. The van der Waals surface area contributed by atoms with E-state index in [0.717, 1.165) is 12.0 Å². The first-order chi connectivity index (χ1) is 8.13. The van der Waals surface area contributed by atoms with Crippen molar-refractivity contribution in [2.75, 3.05) is 13.2 Å². The van der Waals surface area contributed by atoms with Gasteiger partial charge in [0.2, 0.25) is 0 Å². The van der Waals surface area contributed by atoms with Crippen LogP contribution in [0.5, 0.6) is 0 Å². The molecule has 1 aromatic rings. The Bertz CT molecular complexity index is 347. The highest BCUT2D eigenvalue weighted by atomic mass is 16.6. The Labute approximate surface area is 102 Å². The van der Waals surface area contributed by atoms with Crippen molar-refractivity contribution >= 4 is 5.91 Å². The molecule has 0 atom stereocenters. The van der Waals surface area contributed by atoms with Gasteiger partial charge in [0.25, 0.3) is 5.91 Å².